The van der Waals surface area contributed by atoms with Gasteiger partial charge in [-0.1, -0.05) is 18.2 Å². The van der Waals surface area contributed by atoms with E-state index in [4.69, 9.17) is 12.2 Å². The van der Waals surface area contributed by atoms with Gasteiger partial charge in [-0.05, 0) is 80.7 Å². The van der Waals surface area contributed by atoms with Crippen LogP contribution in [0.15, 0.2) is 46.6 Å². The molecule has 0 saturated carbocycles. The second-order valence-electron chi connectivity index (χ2n) is 7.54. The van der Waals surface area contributed by atoms with Crippen molar-refractivity contribution in [1.29, 1.82) is 0 Å². The van der Waals surface area contributed by atoms with Crippen LogP contribution in [0.2, 0.25) is 0 Å². The lowest BCUT2D eigenvalue weighted by molar-refractivity contribution is 0.385. The van der Waals surface area contributed by atoms with E-state index in [9.17, 15) is 4.79 Å². The molecule has 0 fully saturated rings. The Morgan fingerprint density at radius 2 is 2.03 bits per heavy atom. The number of nitrogens with one attached hydrogen (secondary N) is 2. The van der Waals surface area contributed by atoms with Gasteiger partial charge in [-0.15, -0.1) is 11.3 Å². The van der Waals surface area contributed by atoms with Crippen molar-refractivity contribution < 1.29 is 0 Å². The average Bonchev–Trinajstić information content (AvgIpc) is 3.18. The predicted octanol–water partition coefficient (Wildman–Crippen LogP) is 3.73. The first kappa shape index (κ1) is 21.5. The van der Waals surface area contributed by atoms with Gasteiger partial charge in [0, 0.05) is 22.5 Å². The molecule has 5 nitrogen and oxygen atoms in total. The summed E-state index contributed by atoms with van der Waals surface area (Å²) in [5, 5.41) is 7.13. The zero-order chi connectivity index (χ0) is 20.8. The third-order valence-corrected chi connectivity index (χ3v) is 5.98. The fourth-order valence-electron chi connectivity index (χ4n) is 3.18. The van der Waals surface area contributed by atoms with Crippen molar-refractivity contribution in [1.82, 2.24) is 20.1 Å². The summed E-state index contributed by atoms with van der Waals surface area (Å²) in [4.78, 5) is 21.2. The van der Waals surface area contributed by atoms with E-state index in [0.717, 1.165) is 41.5 Å². The van der Waals surface area contributed by atoms with E-state index in [2.05, 4.69) is 51.7 Å². The molecule has 0 amide bonds. The molecule has 7 heteroatoms. The number of hydrogen-bond acceptors (Lipinski definition) is 4. The second-order valence-corrected chi connectivity index (χ2v) is 8.96. The van der Waals surface area contributed by atoms with Crippen LogP contribution in [0.3, 0.4) is 0 Å². The number of rotatable bonds is 8. The lowest BCUT2D eigenvalue weighted by Crippen LogP contribution is -2.40. The Morgan fingerprint density at radius 3 is 2.76 bits per heavy atom. The Labute approximate surface area is 181 Å². The predicted molar refractivity (Wildman–Crippen MR) is 127 cm³/mol. The molecule has 1 aromatic carbocycles. The zero-order valence-corrected chi connectivity index (χ0v) is 18.8. The number of benzene rings is 1. The molecule has 0 spiro atoms. The summed E-state index contributed by atoms with van der Waals surface area (Å²) >= 11 is 7.37. The number of aryl methyl sites for hydroxylation is 1. The number of thiophene rings is 1. The first-order valence-electron chi connectivity index (χ1n) is 9.75. The Balaban J connectivity index is 1.78. The number of hydrogen-bond donors (Lipinski definition) is 2. The second kappa shape index (κ2) is 10.0. The van der Waals surface area contributed by atoms with Crippen molar-refractivity contribution in [3.05, 3.63) is 68.1 Å². The van der Waals surface area contributed by atoms with Crippen molar-refractivity contribution in [2.24, 2.45) is 0 Å². The highest BCUT2D eigenvalue weighted by Crippen LogP contribution is 2.17. The van der Waals surface area contributed by atoms with Gasteiger partial charge in [0.15, 0.2) is 5.11 Å². The molecule has 154 valence electrons. The molecular weight excluding hydrogens is 400 g/mol. The van der Waals surface area contributed by atoms with Crippen molar-refractivity contribution in [3.8, 4) is 0 Å². The Bertz CT molecular complexity index is 1010. The van der Waals surface area contributed by atoms with Gasteiger partial charge < -0.3 is 20.1 Å². The molecule has 0 aliphatic carbocycles. The number of aromatic amines is 1. The first-order chi connectivity index (χ1) is 13.9. The number of H-pyrrole nitrogens is 1. The highest BCUT2D eigenvalue weighted by atomic mass is 32.1. The van der Waals surface area contributed by atoms with Crippen LogP contribution in [0.4, 0.5) is 0 Å². The summed E-state index contributed by atoms with van der Waals surface area (Å²) < 4.78 is 0. The molecule has 0 unspecified atom stereocenters. The molecule has 0 radical (unpaired) electrons. The quantitative estimate of drug-likeness (QED) is 0.423. The van der Waals surface area contributed by atoms with Crippen LogP contribution in [0.5, 0.6) is 0 Å². The van der Waals surface area contributed by atoms with Gasteiger partial charge in [0.2, 0.25) is 0 Å². The molecule has 2 aromatic heterocycles. The van der Waals surface area contributed by atoms with Gasteiger partial charge in [0.25, 0.3) is 5.56 Å². The third kappa shape index (κ3) is 6.13. The molecule has 0 aliphatic heterocycles. The number of aromatic nitrogens is 1. The molecule has 0 saturated heterocycles. The van der Waals surface area contributed by atoms with Crippen molar-refractivity contribution in [2.45, 2.75) is 26.4 Å². The molecule has 2 N–H and O–H groups in total. The maximum Gasteiger partial charge on any atom is 0.253 e. The van der Waals surface area contributed by atoms with Crippen LogP contribution in [-0.2, 0) is 13.1 Å². The maximum absolute atomic E-state index is 12.7. The lowest BCUT2D eigenvalue weighted by atomic mass is 10.1. The van der Waals surface area contributed by atoms with Gasteiger partial charge >= 0.3 is 0 Å². The van der Waals surface area contributed by atoms with Gasteiger partial charge in [-0.3, -0.25) is 4.79 Å². The molecule has 0 atom stereocenters. The highest BCUT2D eigenvalue weighted by molar-refractivity contribution is 7.80. The summed E-state index contributed by atoms with van der Waals surface area (Å²) in [7, 11) is 4.13. The Morgan fingerprint density at radius 1 is 1.21 bits per heavy atom. The summed E-state index contributed by atoms with van der Waals surface area (Å²) in [6.07, 6.45) is 1.01. The van der Waals surface area contributed by atoms with E-state index in [-0.39, 0.29) is 5.56 Å². The van der Waals surface area contributed by atoms with E-state index < -0.39 is 0 Å². The lowest BCUT2D eigenvalue weighted by Gasteiger charge is -2.25. The van der Waals surface area contributed by atoms with Gasteiger partial charge in [0.1, 0.15) is 0 Å². The molecule has 0 bridgehead atoms. The van der Waals surface area contributed by atoms with E-state index >= 15 is 0 Å². The Kier molecular flexibility index (Phi) is 7.41. The summed E-state index contributed by atoms with van der Waals surface area (Å²) in [5.74, 6) is 0. The first-order valence-corrected chi connectivity index (χ1v) is 11.0. The topological polar surface area (TPSA) is 51.4 Å². The number of nitrogens with zero attached hydrogens (tertiary/aromatic N) is 2. The minimum Gasteiger partial charge on any atom is -0.363 e. The van der Waals surface area contributed by atoms with Crippen molar-refractivity contribution >= 4 is 39.6 Å². The molecule has 3 aromatic rings. The normalized spacial score (nSPS) is 11.2. The largest absolute Gasteiger partial charge is 0.363 e. The number of pyridine rings is 1. The van der Waals surface area contributed by atoms with Crippen molar-refractivity contribution in [3.63, 3.8) is 0 Å². The van der Waals surface area contributed by atoms with Crippen LogP contribution >= 0.6 is 23.6 Å². The van der Waals surface area contributed by atoms with E-state index in [1.54, 1.807) is 11.3 Å². The van der Waals surface area contributed by atoms with Crippen LogP contribution in [0, 0.1) is 6.92 Å². The smallest absolute Gasteiger partial charge is 0.253 e. The third-order valence-electron chi connectivity index (χ3n) is 4.71. The number of fused-ring (bicyclic) bond motifs is 1. The molecular formula is C22H28N4OS2. The highest BCUT2D eigenvalue weighted by Gasteiger charge is 2.14. The average molecular weight is 429 g/mol. The SMILES string of the molecule is Cc1ccc2cc(CN(Cc3cccs3)C(=S)NCCCN(C)C)c(=O)[nH]c2c1. The van der Waals surface area contributed by atoms with E-state index in [1.807, 2.05) is 31.2 Å². The van der Waals surface area contributed by atoms with E-state index in [1.165, 1.54) is 4.88 Å². The summed E-state index contributed by atoms with van der Waals surface area (Å²) in [6, 6.07) is 12.2. The monoisotopic (exact) mass is 428 g/mol. The van der Waals surface area contributed by atoms with Crippen LogP contribution in [-0.4, -0.2) is 47.1 Å². The summed E-state index contributed by atoms with van der Waals surface area (Å²) in [6.45, 7) is 4.99. The fraction of sp³-hybridized carbons (Fsp3) is 0.364. The minimum absolute atomic E-state index is 0.0605. The van der Waals surface area contributed by atoms with E-state index in [0.29, 0.717) is 18.2 Å². The standard InChI is InChI=1S/C22H28N4OS2/c1-16-7-8-17-13-18(21(27)24-20(17)12-16)14-26(15-19-6-4-11-29-19)22(28)23-9-5-10-25(2)3/h4,6-8,11-13H,5,9-10,14-15H2,1-3H3,(H,23,28)(H,24,27). The molecule has 0 aliphatic rings. The summed E-state index contributed by atoms with van der Waals surface area (Å²) in [5.41, 5.74) is 2.65. The van der Waals surface area contributed by atoms with Gasteiger partial charge in [-0.25, -0.2) is 0 Å². The Hall–Kier alpha value is -2.22. The van der Waals surface area contributed by atoms with Crippen LogP contribution < -0.4 is 10.9 Å². The molecule has 3 rings (SSSR count). The zero-order valence-electron chi connectivity index (χ0n) is 17.2. The fourth-order valence-corrected chi connectivity index (χ4v) is 4.13. The van der Waals surface area contributed by atoms with Crippen LogP contribution in [0.1, 0.15) is 22.4 Å². The molecule has 29 heavy (non-hydrogen) atoms. The van der Waals surface area contributed by atoms with Gasteiger partial charge in [0.05, 0.1) is 13.1 Å². The maximum atomic E-state index is 12.7. The number of thiocarbonyl (C=S) groups is 1. The van der Waals surface area contributed by atoms with Crippen molar-refractivity contribution in [2.75, 3.05) is 27.2 Å². The molecule has 2 heterocycles. The van der Waals surface area contributed by atoms with Gasteiger partial charge in [-0.2, -0.15) is 0 Å². The minimum atomic E-state index is -0.0605. The van der Waals surface area contributed by atoms with Crippen LogP contribution in [0.25, 0.3) is 10.9 Å².